The number of hydrogen-bond acceptors (Lipinski definition) is 1. The van der Waals surface area contributed by atoms with Gasteiger partial charge in [0.1, 0.15) is 0 Å². The lowest BCUT2D eigenvalue weighted by Gasteiger charge is -2.19. The average molecular weight is 273 g/mol. The molecule has 3 heteroatoms. The standard InChI is InChI=1S/C7H14BrN.BrH/c1-2-9-5-3-4-7(9)6-8;/h7H,2-6H2,1H3;1H. The van der Waals surface area contributed by atoms with E-state index in [0.717, 1.165) is 11.4 Å². The smallest absolute Gasteiger partial charge is 0.0193 e. The largest absolute Gasteiger partial charge is 0.300 e. The van der Waals surface area contributed by atoms with Crippen molar-refractivity contribution in [2.45, 2.75) is 25.8 Å². The molecule has 10 heavy (non-hydrogen) atoms. The van der Waals surface area contributed by atoms with Crippen molar-refractivity contribution in [2.24, 2.45) is 0 Å². The van der Waals surface area contributed by atoms with Crippen LogP contribution in [0.2, 0.25) is 0 Å². The molecule has 1 heterocycles. The lowest BCUT2D eigenvalue weighted by atomic mass is 10.2. The van der Waals surface area contributed by atoms with Crippen LogP contribution in [-0.2, 0) is 0 Å². The van der Waals surface area contributed by atoms with Crippen molar-refractivity contribution in [3.63, 3.8) is 0 Å². The minimum atomic E-state index is 0. The summed E-state index contributed by atoms with van der Waals surface area (Å²) in [5.41, 5.74) is 0. The Bertz CT molecular complexity index is 77.7. The summed E-state index contributed by atoms with van der Waals surface area (Å²) in [5.74, 6) is 0. The zero-order chi connectivity index (χ0) is 6.69. The fourth-order valence-corrected chi connectivity index (χ4v) is 2.22. The molecule has 0 bridgehead atoms. The van der Waals surface area contributed by atoms with Crippen LogP contribution in [0.25, 0.3) is 0 Å². The van der Waals surface area contributed by atoms with E-state index >= 15 is 0 Å². The van der Waals surface area contributed by atoms with Gasteiger partial charge >= 0.3 is 0 Å². The van der Waals surface area contributed by atoms with Gasteiger partial charge in [0.25, 0.3) is 0 Å². The number of nitrogens with zero attached hydrogens (tertiary/aromatic N) is 1. The molecule has 62 valence electrons. The summed E-state index contributed by atoms with van der Waals surface area (Å²) in [7, 11) is 0. The predicted molar refractivity (Wildman–Crippen MR) is 54.4 cm³/mol. The second-order valence-corrected chi connectivity index (χ2v) is 3.23. The van der Waals surface area contributed by atoms with Crippen LogP contribution in [0.4, 0.5) is 0 Å². The minimum Gasteiger partial charge on any atom is -0.300 e. The molecule has 1 unspecified atom stereocenters. The van der Waals surface area contributed by atoms with Crippen LogP contribution in [0.5, 0.6) is 0 Å². The zero-order valence-corrected chi connectivity index (χ0v) is 9.65. The first kappa shape index (κ1) is 10.9. The Labute approximate surface area is 82.1 Å². The highest BCUT2D eigenvalue weighted by Gasteiger charge is 2.20. The molecular formula is C7H15Br2N. The van der Waals surface area contributed by atoms with Crippen LogP contribution in [0.1, 0.15) is 19.8 Å². The predicted octanol–water partition coefficient (Wildman–Crippen LogP) is 2.44. The Kier molecular flexibility index (Phi) is 6.07. The van der Waals surface area contributed by atoms with E-state index in [9.17, 15) is 0 Å². The lowest BCUT2D eigenvalue weighted by Crippen LogP contribution is -2.29. The minimum absolute atomic E-state index is 0. The molecule has 1 rings (SSSR count). The molecular weight excluding hydrogens is 258 g/mol. The first-order chi connectivity index (χ1) is 4.38. The summed E-state index contributed by atoms with van der Waals surface area (Å²) in [6.45, 7) is 4.77. The van der Waals surface area contributed by atoms with Crippen LogP contribution in [0, 0.1) is 0 Å². The molecule has 1 atom stereocenters. The van der Waals surface area contributed by atoms with Gasteiger partial charge in [0.2, 0.25) is 0 Å². The number of alkyl halides is 1. The van der Waals surface area contributed by atoms with Crippen molar-refractivity contribution in [3.8, 4) is 0 Å². The van der Waals surface area contributed by atoms with Gasteiger partial charge in [-0.3, -0.25) is 4.90 Å². The second kappa shape index (κ2) is 5.56. The molecule has 0 aliphatic carbocycles. The van der Waals surface area contributed by atoms with Crippen molar-refractivity contribution < 1.29 is 0 Å². The third-order valence-corrected chi connectivity index (χ3v) is 2.83. The summed E-state index contributed by atoms with van der Waals surface area (Å²) in [6, 6.07) is 0.829. The van der Waals surface area contributed by atoms with Crippen LogP contribution < -0.4 is 0 Å². The summed E-state index contributed by atoms with van der Waals surface area (Å²) >= 11 is 3.52. The summed E-state index contributed by atoms with van der Waals surface area (Å²) < 4.78 is 0. The van der Waals surface area contributed by atoms with Gasteiger partial charge in [0.05, 0.1) is 0 Å². The number of hydrogen-bond donors (Lipinski definition) is 0. The molecule has 0 radical (unpaired) electrons. The van der Waals surface area contributed by atoms with E-state index in [4.69, 9.17) is 0 Å². The van der Waals surface area contributed by atoms with E-state index < -0.39 is 0 Å². The number of halogens is 2. The van der Waals surface area contributed by atoms with Gasteiger partial charge in [-0.05, 0) is 25.9 Å². The third kappa shape index (κ3) is 2.51. The van der Waals surface area contributed by atoms with Crippen LogP contribution in [0.15, 0.2) is 0 Å². The molecule has 1 saturated heterocycles. The van der Waals surface area contributed by atoms with E-state index in [1.165, 1.54) is 25.9 Å². The first-order valence-corrected chi connectivity index (χ1v) is 4.80. The molecule has 0 amide bonds. The van der Waals surface area contributed by atoms with E-state index in [2.05, 4.69) is 27.8 Å². The molecule has 0 spiro atoms. The molecule has 1 fully saturated rings. The third-order valence-electron chi connectivity index (χ3n) is 2.08. The molecule has 0 aromatic carbocycles. The summed E-state index contributed by atoms with van der Waals surface area (Å²) in [6.07, 6.45) is 2.78. The van der Waals surface area contributed by atoms with E-state index in [-0.39, 0.29) is 17.0 Å². The molecule has 0 N–H and O–H groups in total. The SMILES string of the molecule is Br.CCN1CCCC1CBr. The van der Waals surface area contributed by atoms with Crippen LogP contribution in [0.3, 0.4) is 0 Å². The Morgan fingerprint density at radius 2 is 2.30 bits per heavy atom. The molecule has 0 saturated carbocycles. The van der Waals surface area contributed by atoms with E-state index in [0.29, 0.717) is 0 Å². The van der Waals surface area contributed by atoms with Crippen molar-refractivity contribution >= 4 is 32.9 Å². The fraction of sp³-hybridized carbons (Fsp3) is 1.00. The van der Waals surface area contributed by atoms with Crippen molar-refractivity contribution in [2.75, 3.05) is 18.4 Å². The van der Waals surface area contributed by atoms with Crippen molar-refractivity contribution in [3.05, 3.63) is 0 Å². The lowest BCUT2D eigenvalue weighted by molar-refractivity contribution is 0.288. The fourth-order valence-electron chi connectivity index (χ4n) is 1.49. The maximum absolute atomic E-state index is 3.52. The molecule has 0 aromatic heterocycles. The Hall–Kier alpha value is 0.920. The molecule has 0 aromatic rings. The normalized spacial score (nSPS) is 26.4. The van der Waals surface area contributed by atoms with Crippen molar-refractivity contribution in [1.82, 2.24) is 4.90 Å². The highest BCUT2D eigenvalue weighted by molar-refractivity contribution is 9.09. The van der Waals surface area contributed by atoms with Gasteiger partial charge in [0.15, 0.2) is 0 Å². The van der Waals surface area contributed by atoms with Gasteiger partial charge in [0, 0.05) is 11.4 Å². The number of rotatable bonds is 2. The quantitative estimate of drug-likeness (QED) is 0.698. The van der Waals surface area contributed by atoms with E-state index in [1.807, 2.05) is 0 Å². The van der Waals surface area contributed by atoms with Crippen LogP contribution in [-0.4, -0.2) is 29.4 Å². The second-order valence-electron chi connectivity index (χ2n) is 2.58. The van der Waals surface area contributed by atoms with Gasteiger partial charge in [-0.2, -0.15) is 0 Å². The maximum Gasteiger partial charge on any atom is 0.0193 e. The maximum atomic E-state index is 3.52. The monoisotopic (exact) mass is 271 g/mol. The molecule has 1 aliphatic heterocycles. The van der Waals surface area contributed by atoms with Gasteiger partial charge in [-0.15, -0.1) is 17.0 Å². The highest BCUT2D eigenvalue weighted by atomic mass is 79.9. The van der Waals surface area contributed by atoms with Crippen molar-refractivity contribution in [1.29, 1.82) is 0 Å². The zero-order valence-electron chi connectivity index (χ0n) is 6.35. The average Bonchev–Trinajstić information content (AvgIpc) is 2.33. The van der Waals surface area contributed by atoms with Gasteiger partial charge in [-0.25, -0.2) is 0 Å². The van der Waals surface area contributed by atoms with Gasteiger partial charge in [-0.1, -0.05) is 22.9 Å². The Morgan fingerprint density at radius 1 is 1.60 bits per heavy atom. The molecule has 1 nitrogen and oxygen atoms in total. The first-order valence-electron chi connectivity index (χ1n) is 3.68. The number of likely N-dealkylation sites (tertiary alicyclic amines) is 1. The highest BCUT2D eigenvalue weighted by Crippen LogP contribution is 2.17. The topological polar surface area (TPSA) is 3.24 Å². The Balaban J connectivity index is 0.000000810. The summed E-state index contributed by atoms with van der Waals surface area (Å²) in [5, 5.41) is 1.15. The summed E-state index contributed by atoms with van der Waals surface area (Å²) in [4.78, 5) is 2.54. The van der Waals surface area contributed by atoms with Crippen LogP contribution >= 0.6 is 32.9 Å². The Morgan fingerprint density at radius 3 is 2.70 bits per heavy atom. The van der Waals surface area contributed by atoms with E-state index in [1.54, 1.807) is 0 Å². The molecule has 1 aliphatic rings. The van der Waals surface area contributed by atoms with Gasteiger partial charge < -0.3 is 0 Å².